The van der Waals surface area contributed by atoms with Crippen LogP contribution in [0.15, 0.2) is 18.2 Å². The molecule has 0 aromatic heterocycles. The van der Waals surface area contributed by atoms with E-state index < -0.39 is 0 Å². The highest BCUT2D eigenvalue weighted by atomic mass is 35.5. The quantitative estimate of drug-likeness (QED) is 0.795. The summed E-state index contributed by atoms with van der Waals surface area (Å²) in [5.74, 6) is -0.0361. The number of ketones is 1. The molecule has 0 spiro atoms. The fourth-order valence-corrected chi connectivity index (χ4v) is 2.52. The maximum atomic E-state index is 12.3. The monoisotopic (exact) mass is 285 g/mol. The largest absolute Gasteiger partial charge is 0.337 e. The normalized spacial score (nSPS) is 20.1. The third kappa shape index (κ3) is 2.68. The smallest absolute Gasteiger partial charge is 0.255 e. The van der Waals surface area contributed by atoms with Crippen molar-refractivity contribution in [2.24, 2.45) is 5.92 Å². The first kappa shape index (κ1) is 13.4. The van der Waals surface area contributed by atoms with Gasteiger partial charge in [0.2, 0.25) is 0 Å². The summed E-state index contributed by atoms with van der Waals surface area (Å²) in [7, 11) is 0. The number of benzene rings is 1. The molecule has 1 heterocycles. The van der Waals surface area contributed by atoms with Gasteiger partial charge in [-0.2, -0.15) is 0 Å². The average molecular weight is 286 g/mol. The number of carbonyl (C=O) groups is 2. The van der Waals surface area contributed by atoms with Crippen LogP contribution in [0.5, 0.6) is 0 Å². The lowest BCUT2D eigenvalue weighted by molar-refractivity contribution is -0.124. The fourth-order valence-electron chi connectivity index (χ4n) is 2.03. The van der Waals surface area contributed by atoms with E-state index in [2.05, 4.69) is 0 Å². The van der Waals surface area contributed by atoms with E-state index >= 15 is 0 Å². The third-order valence-electron chi connectivity index (χ3n) is 3.12. The Bertz CT molecular complexity index is 502. The fraction of sp³-hybridized carbons (Fsp3) is 0.385. The summed E-state index contributed by atoms with van der Waals surface area (Å²) in [5.41, 5.74) is 0.433. The topological polar surface area (TPSA) is 37.4 Å². The minimum atomic E-state index is -0.143. The molecule has 18 heavy (non-hydrogen) atoms. The molecule has 3 nitrogen and oxygen atoms in total. The van der Waals surface area contributed by atoms with Crippen LogP contribution >= 0.6 is 23.2 Å². The molecule has 1 aromatic rings. The Morgan fingerprint density at radius 2 is 2.11 bits per heavy atom. The van der Waals surface area contributed by atoms with Crippen molar-refractivity contribution in [3.63, 3.8) is 0 Å². The van der Waals surface area contributed by atoms with Crippen molar-refractivity contribution in [2.45, 2.75) is 13.3 Å². The molecule has 1 unspecified atom stereocenters. The Labute approximate surface area is 116 Å². The van der Waals surface area contributed by atoms with E-state index in [9.17, 15) is 9.59 Å². The van der Waals surface area contributed by atoms with Gasteiger partial charge in [-0.05, 0) is 18.2 Å². The molecule has 2 rings (SSSR count). The summed E-state index contributed by atoms with van der Waals surface area (Å²) in [4.78, 5) is 25.4. The SMILES string of the molecule is CC1CN(C(=O)c2ccc(Cl)cc2Cl)CCC1=O. The molecule has 1 fully saturated rings. The highest BCUT2D eigenvalue weighted by Crippen LogP contribution is 2.24. The number of halogens is 2. The molecule has 0 saturated carbocycles. The number of Topliss-reactive ketones (excluding diaryl/α,β-unsaturated/α-hetero) is 1. The Hall–Kier alpha value is -1.06. The predicted molar refractivity (Wildman–Crippen MR) is 71.2 cm³/mol. The van der Waals surface area contributed by atoms with Crippen molar-refractivity contribution in [2.75, 3.05) is 13.1 Å². The predicted octanol–water partition coefficient (Wildman–Crippen LogP) is 3.04. The van der Waals surface area contributed by atoms with Crippen LogP contribution in [0.4, 0.5) is 0 Å². The zero-order valence-corrected chi connectivity index (χ0v) is 11.5. The van der Waals surface area contributed by atoms with Gasteiger partial charge >= 0.3 is 0 Å². The average Bonchev–Trinajstić information content (AvgIpc) is 2.32. The Balaban J connectivity index is 2.19. The van der Waals surface area contributed by atoms with Gasteiger partial charge in [0.1, 0.15) is 5.78 Å². The number of carbonyl (C=O) groups excluding carboxylic acids is 2. The van der Waals surface area contributed by atoms with Gasteiger partial charge < -0.3 is 4.90 Å². The molecule has 0 radical (unpaired) electrons. The van der Waals surface area contributed by atoms with Crippen molar-refractivity contribution >= 4 is 34.9 Å². The molecule has 0 bridgehead atoms. The molecule has 0 N–H and O–H groups in total. The van der Waals surface area contributed by atoms with Crippen LogP contribution in [-0.4, -0.2) is 29.7 Å². The van der Waals surface area contributed by atoms with Gasteiger partial charge in [0.25, 0.3) is 5.91 Å². The molecule has 0 aliphatic carbocycles. The molecule has 1 aliphatic heterocycles. The highest BCUT2D eigenvalue weighted by molar-refractivity contribution is 6.36. The van der Waals surface area contributed by atoms with E-state index in [1.807, 2.05) is 6.92 Å². The molecule has 1 amide bonds. The molecule has 1 aromatic carbocycles. The van der Waals surface area contributed by atoms with Gasteiger partial charge in [-0.15, -0.1) is 0 Å². The summed E-state index contributed by atoms with van der Waals surface area (Å²) in [5, 5.41) is 0.843. The lowest BCUT2D eigenvalue weighted by Gasteiger charge is -2.30. The number of hydrogen-bond acceptors (Lipinski definition) is 2. The van der Waals surface area contributed by atoms with Gasteiger partial charge in [-0.3, -0.25) is 9.59 Å². The van der Waals surface area contributed by atoms with Crippen LogP contribution in [0.25, 0.3) is 0 Å². The van der Waals surface area contributed by atoms with E-state index in [0.29, 0.717) is 35.1 Å². The van der Waals surface area contributed by atoms with Gasteiger partial charge in [0, 0.05) is 30.5 Å². The summed E-state index contributed by atoms with van der Waals surface area (Å²) in [6.07, 6.45) is 0.415. The Morgan fingerprint density at radius 1 is 1.39 bits per heavy atom. The van der Waals surface area contributed by atoms with Crippen LogP contribution < -0.4 is 0 Å². The second-order valence-electron chi connectivity index (χ2n) is 4.49. The van der Waals surface area contributed by atoms with Crippen molar-refractivity contribution in [3.8, 4) is 0 Å². The standard InChI is InChI=1S/C13H13Cl2NO2/c1-8-7-16(5-4-12(8)17)13(18)10-3-2-9(14)6-11(10)15/h2-3,6,8H,4-5,7H2,1H3. The van der Waals surface area contributed by atoms with Crippen molar-refractivity contribution < 1.29 is 9.59 Å². The van der Waals surface area contributed by atoms with Gasteiger partial charge in [-0.1, -0.05) is 30.1 Å². The minimum Gasteiger partial charge on any atom is -0.337 e. The first-order chi connectivity index (χ1) is 8.49. The lowest BCUT2D eigenvalue weighted by Crippen LogP contribution is -2.43. The second kappa shape index (κ2) is 5.29. The maximum Gasteiger partial charge on any atom is 0.255 e. The van der Waals surface area contributed by atoms with Crippen molar-refractivity contribution in [3.05, 3.63) is 33.8 Å². The highest BCUT2D eigenvalue weighted by Gasteiger charge is 2.28. The van der Waals surface area contributed by atoms with E-state index in [1.165, 1.54) is 0 Å². The Kier molecular flexibility index (Phi) is 3.93. The first-order valence-corrected chi connectivity index (χ1v) is 6.51. The van der Waals surface area contributed by atoms with E-state index in [1.54, 1.807) is 23.1 Å². The summed E-state index contributed by atoms with van der Waals surface area (Å²) >= 11 is 11.8. The lowest BCUT2D eigenvalue weighted by atomic mass is 9.98. The van der Waals surface area contributed by atoms with Crippen molar-refractivity contribution in [1.29, 1.82) is 0 Å². The van der Waals surface area contributed by atoms with Gasteiger partial charge in [-0.25, -0.2) is 0 Å². The number of piperidine rings is 1. The molecule has 1 atom stereocenters. The molecule has 1 aliphatic rings. The number of hydrogen-bond donors (Lipinski definition) is 0. The van der Waals surface area contributed by atoms with Gasteiger partial charge in [0.15, 0.2) is 0 Å². The first-order valence-electron chi connectivity index (χ1n) is 5.76. The zero-order valence-electron chi connectivity index (χ0n) is 9.95. The Morgan fingerprint density at radius 3 is 2.72 bits per heavy atom. The van der Waals surface area contributed by atoms with E-state index in [-0.39, 0.29) is 17.6 Å². The summed E-state index contributed by atoms with van der Waals surface area (Å²) in [6.45, 7) is 2.75. The third-order valence-corrected chi connectivity index (χ3v) is 3.67. The molecule has 1 saturated heterocycles. The van der Waals surface area contributed by atoms with Crippen LogP contribution in [0.1, 0.15) is 23.7 Å². The number of likely N-dealkylation sites (tertiary alicyclic amines) is 1. The molecule has 96 valence electrons. The van der Waals surface area contributed by atoms with Crippen LogP contribution in [0.3, 0.4) is 0 Å². The van der Waals surface area contributed by atoms with Gasteiger partial charge in [0.05, 0.1) is 10.6 Å². The summed E-state index contributed by atoms with van der Waals surface area (Å²) in [6, 6.07) is 4.81. The zero-order chi connectivity index (χ0) is 13.3. The number of nitrogens with zero attached hydrogens (tertiary/aromatic N) is 1. The number of amides is 1. The number of rotatable bonds is 1. The molecule has 5 heteroatoms. The minimum absolute atomic E-state index is 0.103. The molecular formula is C13H13Cl2NO2. The molecular weight excluding hydrogens is 273 g/mol. The van der Waals surface area contributed by atoms with Crippen LogP contribution in [0.2, 0.25) is 10.0 Å². The van der Waals surface area contributed by atoms with Crippen LogP contribution in [-0.2, 0) is 4.79 Å². The van der Waals surface area contributed by atoms with E-state index in [0.717, 1.165) is 0 Å². The second-order valence-corrected chi connectivity index (χ2v) is 5.34. The van der Waals surface area contributed by atoms with Crippen LogP contribution in [0, 0.1) is 5.92 Å². The van der Waals surface area contributed by atoms with E-state index in [4.69, 9.17) is 23.2 Å². The maximum absolute atomic E-state index is 12.3. The summed E-state index contributed by atoms with van der Waals surface area (Å²) < 4.78 is 0. The van der Waals surface area contributed by atoms with Crippen molar-refractivity contribution in [1.82, 2.24) is 4.90 Å².